The van der Waals surface area contributed by atoms with Crippen LogP contribution in [0.2, 0.25) is 5.02 Å². The van der Waals surface area contributed by atoms with Crippen LogP contribution in [-0.2, 0) is 10.0 Å². The Hall–Kier alpha value is -1.13. The maximum absolute atomic E-state index is 12.4. The minimum atomic E-state index is -3.80. The summed E-state index contributed by atoms with van der Waals surface area (Å²) in [5, 5.41) is 9.30. The molecule has 1 aromatic rings. The van der Waals surface area contributed by atoms with Gasteiger partial charge >= 0.3 is 0 Å². The fourth-order valence-corrected chi connectivity index (χ4v) is 4.12. The SMILES string of the molecule is N#Cc1ccc(Cl)cc1S(=O)(=O)N[C@@H]1CCCC[C@H]1N. The van der Waals surface area contributed by atoms with E-state index in [0.29, 0.717) is 6.42 Å². The molecule has 0 bridgehead atoms. The lowest BCUT2D eigenvalue weighted by atomic mass is 9.92. The van der Waals surface area contributed by atoms with E-state index in [1.54, 1.807) is 0 Å². The zero-order valence-corrected chi connectivity index (χ0v) is 12.4. The van der Waals surface area contributed by atoms with E-state index < -0.39 is 10.0 Å². The molecule has 1 aliphatic carbocycles. The van der Waals surface area contributed by atoms with Crippen molar-refractivity contribution in [2.24, 2.45) is 5.73 Å². The topological polar surface area (TPSA) is 96.0 Å². The summed E-state index contributed by atoms with van der Waals surface area (Å²) in [6, 6.07) is 5.57. The monoisotopic (exact) mass is 313 g/mol. The molecule has 0 heterocycles. The van der Waals surface area contributed by atoms with Gasteiger partial charge in [-0.05, 0) is 31.0 Å². The first-order valence-corrected chi connectivity index (χ1v) is 8.28. The van der Waals surface area contributed by atoms with Crippen LogP contribution in [0.25, 0.3) is 0 Å². The molecule has 0 amide bonds. The summed E-state index contributed by atoms with van der Waals surface area (Å²) in [6.45, 7) is 0. The standard InChI is InChI=1S/C13H16ClN3O2S/c14-10-6-5-9(8-15)13(7-10)20(18,19)17-12-4-2-1-3-11(12)16/h5-7,11-12,17H,1-4,16H2/t11-,12-/m1/s1. The number of sulfonamides is 1. The van der Waals surface area contributed by atoms with Gasteiger partial charge in [-0.25, -0.2) is 13.1 Å². The van der Waals surface area contributed by atoms with Gasteiger partial charge in [0.25, 0.3) is 0 Å². The lowest BCUT2D eigenvalue weighted by molar-refractivity contribution is 0.361. The maximum atomic E-state index is 12.4. The Morgan fingerprint density at radius 3 is 2.70 bits per heavy atom. The first kappa shape index (κ1) is 15.3. The predicted molar refractivity (Wildman–Crippen MR) is 76.7 cm³/mol. The molecule has 0 aromatic heterocycles. The van der Waals surface area contributed by atoms with Crippen molar-refractivity contribution in [3.8, 4) is 6.07 Å². The molecule has 0 saturated heterocycles. The number of nitrogens with zero attached hydrogens (tertiary/aromatic N) is 1. The van der Waals surface area contributed by atoms with Crippen LogP contribution in [0.1, 0.15) is 31.2 Å². The third-order valence-corrected chi connectivity index (χ3v) is 5.24. The average Bonchev–Trinajstić information content (AvgIpc) is 2.41. The molecule has 108 valence electrons. The Morgan fingerprint density at radius 2 is 2.05 bits per heavy atom. The molecule has 3 N–H and O–H groups in total. The lowest BCUT2D eigenvalue weighted by Gasteiger charge is -2.29. The second-order valence-electron chi connectivity index (χ2n) is 4.93. The number of nitriles is 1. The molecule has 1 aliphatic rings. The molecule has 1 saturated carbocycles. The average molecular weight is 314 g/mol. The molecule has 2 atom stereocenters. The third kappa shape index (κ3) is 3.30. The number of nitrogens with two attached hydrogens (primary N) is 1. The highest BCUT2D eigenvalue weighted by atomic mass is 35.5. The van der Waals surface area contributed by atoms with E-state index in [4.69, 9.17) is 22.6 Å². The van der Waals surface area contributed by atoms with Gasteiger partial charge in [-0.2, -0.15) is 5.26 Å². The minimum Gasteiger partial charge on any atom is -0.326 e. The van der Waals surface area contributed by atoms with Gasteiger partial charge in [-0.1, -0.05) is 24.4 Å². The molecule has 0 aliphatic heterocycles. The van der Waals surface area contributed by atoms with E-state index in [1.165, 1.54) is 18.2 Å². The molecule has 1 fully saturated rings. The Balaban J connectivity index is 2.31. The van der Waals surface area contributed by atoms with Crippen LogP contribution in [0.15, 0.2) is 23.1 Å². The third-order valence-electron chi connectivity index (χ3n) is 3.48. The van der Waals surface area contributed by atoms with E-state index in [9.17, 15) is 8.42 Å². The van der Waals surface area contributed by atoms with Crippen LogP contribution in [0.5, 0.6) is 0 Å². The zero-order chi connectivity index (χ0) is 14.8. The highest BCUT2D eigenvalue weighted by Gasteiger charge is 2.28. The Labute approximate surface area is 123 Å². The number of rotatable bonds is 3. The molecular formula is C13H16ClN3O2S. The molecule has 5 nitrogen and oxygen atoms in total. The second-order valence-corrected chi connectivity index (χ2v) is 7.05. The largest absolute Gasteiger partial charge is 0.326 e. The van der Waals surface area contributed by atoms with Gasteiger partial charge in [0.1, 0.15) is 11.0 Å². The molecular weight excluding hydrogens is 298 g/mol. The quantitative estimate of drug-likeness (QED) is 0.888. The van der Waals surface area contributed by atoms with Gasteiger partial charge in [0.05, 0.1) is 5.56 Å². The second kappa shape index (κ2) is 6.10. The highest BCUT2D eigenvalue weighted by molar-refractivity contribution is 7.89. The van der Waals surface area contributed by atoms with Crippen molar-refractivity contribution >= 4 is 21.6 Å². The molecule has 20 heavy (non-hydrogen) atoms. The normalized spacial score (nSPS) is 23.2. The van der Waals surface area contributed by atoms with E-state index >= 15 is 0 Å². The number of halogens is 1. The Kier molecular flexibility index (Phi) is 4.66. The van der Waals surface area contributed by atoms with Gasteiger partial charge in [0.15, 0.2) is 0 Å². The number of nitrogens with one attached hydrogen (secondary N) is 1. The van der Waals surface area contributed by atoms with Crippen LogP contribution < -0.4 is 10.5 Å². The van der Waals surface area contributed by atoms with Gasteiger partial charge < -0.3 is 5.73 Å². The van der Waals surface area contributed by atoms with E-state index in [-0.39, 0.29) is 27.6 Å². The van der Waals surface area contributed by atoms with Crippen LogP contribution in [-0.4, -0.2) is 20.5 Å². The van der Waals surface area contributed by atoms with Gasteiger partial charge in [0, 0.05) is 17.1 Å². The van der Waals surface area contributed by atoms with Crippen molar-refractivity contribution in [1.82, 2.24) is 4.72 Å². The van der Waals surface area contributed by atoms with Gasteiger partial charge in [-0.3, -0.25) is 0 Å². The van der Waals surface area contributed by atoms with Crippen molar-refractivity contribution in [1.29, 1.82) is 5.26 Å². The van der Waals surface area contributed by atoms with E-state index in [2.05, 4.69) is 4.72 Å². The van der Waals surface area contributed by atoms with Crippen molar-refractivity contribution in [2.45, 2.75) is 42.7 Å². The number of hydrogen-bond acceptors (Lipinski definition) is 4. The fourth-order valence-electron chi connectivity index (χ4n) is 2.38. The maximum Gasteiger partial charge on any atom is 0.242 e. The number of hydrogen-bond donors (Lipinski definition) is 2. The summed E-state index contributed by atoms with van der Waals surface area (Å²) in [7, 11) is -3.80. The van der Waals surface area contributed by atoms with E-state index in [1.807, 2.05) is 6.07 Å². The summed E-state index contributed by atoms with van der Waals surface area (Å²) in [6.07, 6.45) is 3.47. The van der Waals surface area contributed by atoms with Gasteiger partial charge in [-0.15, -0.1) is 0 Å². The lowest BCUT2D eigenvalue weighted by Crippen LogP contribution is -2.49. The minimum absolute atomic E-state index is 0.0753. The molecule has 0 unspecified atom stereocenters. The van der Waals surface area contributed by atoms with Crippen molar-refractivity contribution in [3.63, 3.8) is 0 Å². The molecule has 1 aromatic carbocycles. The first-order valence-electron chi connectivity index (χ1n) is 6.41. The van der Waals surface area contributed by atoms with Crippen LogP contribution in [0.4, 0.5) is 0 Å². The summed E-state index contributed by atoms with van der Waals surface area (Å²) < 4.78 is 27.4. The highest BCUT2D eigenvalue weighted by Crippen LogP contribution is 2.23. The van der Waals surface area contributed by atoms with Crippen LogP contribution >= 0.6 is 11.6 Å². The molecule has 7 heteroatoms. The first-order chi connectivity index (χ1) is 9.44. The van der Waals surface area contributed by atoms with Gasteiger partial charge in [0.2, 0.25) is 10.0 Å². The Bertz CT molecular complexity index is 640. The van der Waals surface area contributed by atoms with Crippen molar-refractivity contribution < 1.29 is 8.42 Å². The molecule has 0 radical (unpaired) electrons. The van der Waals surface area contributed by atoms with Crippen molar-refractivity contribution in [2.75, 3.05) is 0 Å². The smallest absolute Gasteiger partial charge is 0.242 e. The Morgan fingerprint density at radius 1 is 1.35 bits per heavy atom. The number of benzene rings is 1. The summed E-state index contributed by atoms with van der Waals surface area (Å²) >= 11 is 5.82. The van der Waals surface area contributed by atoms with Crippen molar-refractivity contribution in [3.05, 3.63) is 28.8 Å². The summed E-state index contributed by atoms with van der Waals surface area (Å²) in [5.74, 6) is 0. The summed E-state index contributed by atoms with van der Waals surface area (Å²) in [4.78, 5) is -0.0923. The summed E-state index contributed by atoms with van der Waals surface area (Å²) in [5.41, 5.74) is 6.02. The zero-order valence-electron chi connectivity index (χ0n) is 10.8. The predicted octanol–water partition coefficient (Wildman–Crippen LogP) is 1.76. The fraction of sp³-hybridized carbons (Fsp3) is 0.462. The molecule has 2 rings (SSSR count). The van der Waals surface area contributed by atoms with E-state index in [0.717, 1.165) is 19.3 Å². The van der Waals surface area contributed by atoms with Crippen LogP contribution in [0.3, 0.4) is 0 Å². The molecule has 0 spiro atoms. The van der Waals surface area contributed by atoms with Crippen LogP contribution in [0, 0.1) is 11.3 Å².